The monoisotopic (exact) mass is 1030 g/mol. The smallest absolute Gasteiger partial charge is 0.420 e. The van der Waals surface area contributed by atoms with Gasteiger partial charge >= 0.3 is 5.76 Å². The lowest BCUT2D eigenvalue weighted by molar-refractivity contribution is -0.135. The first-order valence-corrected chi connectivity index (χ1v) is 27.8. The molecule has 2 atom stereocenters. The number of carbonyl (C=O) groups excluding carboxylic acids is 2. The number of hydrogen-bond acceptors (Lipinski definition) is 15. The highest BCUT2D eigenvalue weighted by Gasteiger charge is 2.34. The van der Waals surface area contributed by atoms with Crippen molar-refractivity contribution in [2.24, 2.45) is 5.92 Å². The Bertz CT molecular complexity index is 3090. The number of anilines is 6. The molecule has 0 saturated carbocycles. The van der Waals surface area contributed by atoms with Crippen LogP contribution in [0.5, 0.6) is 5.75 Å². The maximum absolute atomic E-state index is 13.7. The average molecular weight is 1030 g/mol. The first-order valence-electron chi connectivity index (χ1n) is 24.4. The summed E-state index contributed by atoms with van der Waals surface area (Å²) in [6.45, 7) is 16.9. The van der Waals surface area contributed by atoms with Gasteiger partial charge in [0.2, 0.25) is 17.8 Å². The molecule has 4 aliphatic heterocycles. The molecule has 2 amide bonds. The second kappa shape index (κ2) is 19.8. The Morgan fingerprint density at radius 1 is 0.886 bits per heavy atom. The zero-order valence-corrected chi connectivity index (χ0v) is 42.9. The van der Waals surface area contributed by atoms with Crippen LogP contribution in [-0.2, 0) is 20.6 Å². The maximum Gasteiger partial charge on any atom is 0.420 e. The number of rotatable bonds is 13. The summed E-state index contributed by atoms with van der Waals surface area (Å²) in [5.41, 5.74) is 7.66. The predicted octanol–water partition coefficient (Wildman–Crippen LogP) is 7.40. The van der Waals surface area contributed by atoms with Crippen molar-refractivity contribution < 1.29 is 23.3 Å². The van der Waals surface area contributed by atoms with Crippen LogP contribution in [0.15, 0.2) is 74.5 Å². The minimum atomic E-state index is -2.73. The van der Waals surface area contributed by atoms with Crippen LogP contribution in [0.3, 0.4) is 0 Å². The molecule has 70 heavy (non-hydrogen) atoms. The topological polar surface area (TPSA) is 183 Å². The van der Waals surface area contributed by atoms with Crippen molar-refractivity contribution in [2.75, 3.05) is 99.8 Å². The summed E-state index contributed by atoms with van der Waals surface area (Å²) in [4.78, 5) is 61.4. The molecule has 7 heterocycles. The van der Waals surface area contributed by atoms with E-state index in [9.17, 15) is 18.9 Å². The number of fused-ring (bicyclic) bond motifs is 2. The van der Waals surface area contributed by atoms with E-state index in [-0.39, 0.29) is 18.7 Å². The Morgan fingerprint density at radius 3 is 2.41 bits per heavy atom. The zero-order chi connectivity index (χ0) is 48.8. The summed E-state index contributed by atoms with van der Waals surface area (Å²) in [6, 6.07) is 17.7. The number of oxazole rings is 1. The lowest BCUT2D eigenvalue weighted by Gasteiger charge is -2.44. The Balaban J connectivity index is 0.729. The van der Waals surface area contributed by atoms with E-state index < -0.39 is 24.8 Å². The highest BCUT2D eigenvalue weighted by molar-refractivity contribution is 9.10. The molecule has 0 bridgehead atoms. The Labute approximate surface area is 415 Å². The molecule has 17 nitrogen and oxygen atoms in total. The first-order chi connectivity index (χ1) is 33.7. The molecule has 1 unspecified atom stereocenters. The van der Waals surface area contributed by atoms with Crippen molar-refractivity contribution in [3.8, 4) is 5.75 Å². The number of methoxy groups -OCH3 is 1. The highest BCUT2D eigenvalue weighted by Crippen LogP contribution is 2.43. The number of piperazine rings is 1. The van der Waals surface area contributed by atoms with Crippen LogP contribution in [0.4, 0.5) is 34.5 Å². The number of aromatic nitrogens is 4. The van der Waals surface area contributed by atoms with Crippen LogP contribution >= 0.6 is 23.1 Å². The van der Waals surface area contributed by atoms with Crippen molar-refractivity contribution >= 4 is 96.7 Å². The number of nitrogens with one attached hydrogen (secondary N) is 3. The van der Waals surface area contributed by atoms with Crippen LogP contribution in [0, 0.1) is 12.8 Å². The molecular formula is C51H61BrN11O6P. The van der Waals surface area contributed by atoms with Crippen LogP contribution in [0.2, 0.25) is 0 Å². The van der Waals surface area contributed by atoms with Crippen LogP contribution in [0.1, 0.15) is 56.3 Å². The summed E-state index contributed by atoms with van der Waals surface area (Å²) in [5.74, 6) is 0.832. The van der Waals surface area contributed by atoms with Gasteiger partial charge in [-0.15, -0.1) is 0 Å². The van der Waals surface area contributed by atoms with Crippen molar-refractivity contribution in [1.82, 2.24) is 34.6 Å². The summed E-state index contributed by atoms with van der Waals surface area (Å²) in [6.07, 6.45) is 6.34. The van der Waals surface area contributed by atoms with E-state index in [1.54, 1.807) is 26.6 Å². The minimum Gasteiger partial charge on any atom is -0.494 e. The minimum absolute atomic E-state index is 0.192. The third-order valence-corrected chi connectivity index (χ3v) is 16.7. The SMILES string of the molecule is CCc1cc(Nc2ncc(Br)c(Nc3ccc4nc(C)ccc4c3P(C)(C)=O)n2)c(OC)cc1N1CCC(N2CCN(C[C@H]3CCN(c4ccc5c(c4)oc(=O)n5C4CCC(=O)NC4=O)C3)CC2)CC1. The van der Waals surface area contributed by atoms with Gasteiger partial charge in [-0.2, -0.15) is 4.98 Å². The number of pyridine rings is 1. The van der Waals surface area contributed by atoms with E-state index in [2.05, 4.69) is 80.5 Å². The molecule has 6 aromatic rings. The second-order valence-electron chi connectivity index (χ2n) is 19.5. The molecule has 0 aliphatic carbocycles. The quantitative estimate of drug-likeness (QED) is 0.0768. The van der Waals surface area contributed by atoms with Gasteiger partial charge in [-0.1, -0.05) is 13.0 Å². The van der Waals surface area contributed by atoms with E-state index in [1.807, 2.05) is 49.4 Å². The molecule has 3 aromatic carbocycles. The van der Waals surface area contributed by atoms with Gasteiger partial charge in [0, 0.05) is 117 Å². The number of ether oxygens (including phenoxy) is 1. The fourth-order valence-corrected chi connectivity index (χ4v) is 12.8. The van der Waals surface area contributed by atoms with Gasteiger partial charge < -0.3 is 39.1 Å². The predicted molar refractivity (Wildman–Crippen MR) is 280 cm³/mol. The first kappa shape index (κ1) is 47.8. The standard InChI is InChI=1S/C51H61BrN11O6P/c1-6-33-25-40(56-50-53-28-37(52)48(58-50)55-39-11-10-38-36(9-7-31(2)54-38)47(39)70(4,5)67)44(68-3)27-43(33)61-19-16-34(17-20-61)60-23-21-59(22-24-60)29-32-15-18-62(30-32)35-8-12-41-45(26-35)69-51(66)63(41)42-13-14-46(64)57-49(42)65/h7-12,25-28,32,34,42H,6,13-24,29-30H2,1-5H3,(H,57,64,65)(H2,53,55,56,58)/t32-,42?/m1/s1. The highest BCUT2D eigenvalue weighted by atomic mass is 79.9. The molecule has 368 valence electrons. The maximum atomic E-state index is 13.7. The number of carbonyl (C=O) groups is 2. The molecule has 10 rings (SSSR count). The number of nitrogens with zero attached hydrogens (tertiary/aromatic N) is 8. The third kappa shape index (κ3) is 9.79. The van der Waals surface area contributed by atoms with Gasteiger partial charge in [-0.05, 0) is 116 Å². The molecule has 0 radical (unpaired) electrons. The van der Waals surface area contributed by atoms with Gasteiger partial charge in [0.25, 0.3) is 0 Å². The zero-order valence-electron chi connectivity index (χ0n) is 40.5. The van der Waals surface area contributed by atoms with Crippen LogP contribution in [0.25, 0.3) is 22.0 Å². The fraction of sp³-hybridized carbons (Fsp3) is 0.451. The number of halogens is 1. The Hall–Kier alpha value is -5.81. The second-order valence-corrected chi connectivity index (χ2v) is 23.5. The lowest BCUT2D eigenvalue weighted by Crippen LogP contribution is -2.54. The van der Waals surface area contributed by atoms with E-state index >= 15 is 0 Å². The number of aryl methyl sites for hydroxylation is 2. The van der Waals surface area contributed by atoms with Gasteiger partial charge in [-0.3, -0.25) is 29.4 Å². The molecule has 3 aromatic heterocycles. The van der Waals surface area contributed by atoms with Crippen molar-refractivity contribution in [3.05, 3.63) is 87.1 Å². The molecule has 4 saturated heterocycles. The lowest BCUT2D eigenvalue weighted by atomic mass is 9.99. The normalized spacial score (nSPS) is 19.9. The van der Waals surface area contributed by atoms with Gasteiger partial charge in [0.1, 0.15) is 24.8 Å². The van der Waals surface area contributed by atoms with Crippen molar-refractivity contribution in [2.45, 2.75) is 64.5 Å². The molecule has 0 spiro atoms. The number of piperidine rings is 2. The van der Waals surface area contributed by atoms with Gasteiger partial charge in [0.15, 0.2) is 5.58 Å². The van der Waals surface area contributed by atoms with E-state index in [4.69, 9.17) is 14.1 Å². The largest absolute Gasteiger partial charge is 0.494 e. The molecule has 4 fully saturated rings. The van der Waals surface area contributed by atoms with Crippen molar-refractivity contribution in [3.63, 3.8) is 0 Å². The number of amides is 2. The molecule has 19 heteroatoms. The van der Waals surface area contributed by atoms with E-state index in [0.717, 1.165) is 118 Å². The number of imide groups is 1. The average Bonchev–Trinajstić information content (AvgIpc) is 3.95. The van der Waals surface area contributed by atoms with Crippen molar-refractivity contribution in [1.29, 1.82) is 0 Å². The summed E-state index contributed by atoms with van der Waals surface area (Å²) < 4.78 is 27.3. The summed E-state index contributed by atoms with van der Waals surface area (Å²) >= 11 is 3.63. The number of benzene rings is 3. The van der Waals surface area contributed by atoms with Crippen LogP contribution in [-0.4, -0.2) is 127 Å². The van der Waals surface area contributed by atoms with E-state index in [1.165, 1.54) is 15.8 Å². The molecule has 3 N–H and O–H groups in total. The summed E-state index contributed by atoms with van der Waals surface area (Å²) in [7, 11) is -1.04. The fourth-order valence-electron chi connectivity index (χ4n) is 11.0. The summed E-state index contributed by atoms with van der Waals surface area (Å²) in [5, 5.41) is 10.8. The Morgan fingerprint density at radius 2 is 1.67 bits per heavy atom. The Kier molecular flexibility index (Phi) is 13.5. The van der Waals surface area contributed by atoms with Crippen LogP contribution < -0.4 is 41.5 Å². The van der Waals surface area contributed by atoms with Gasteiger partial charge in [-0.25, -0.2) is 9.78 Å². The third-order valence-electron chi connectivity index (χ3n) is 14.6. The number of hydrogen-bond donors (Lipinski definition) is 3. The van der Waals surface area contributed by atoms with Gasteiger partial charge in [0.05, 0.1) is 34.0 Å². The van der Waals surface area contributed by atoms with E-state index in [0.29, 0.717) is 50.7 Å². The molecular weight excluding hydrogens is 974 g/mol. The molecule has 4 aliphatic rings.